The molecule has 0 aliphatic heterocycles. The number of nitrogens with zero attached hydrogens (tertiary/aromatic N) is 1. The molecule has 3 atom stereocenters. The lowest BCUT2D eigenvalue weighted by molar-refractivity contribution is -0.137. The number of amides is 2. The molecule has 0 radical (unpaired) electrons. The molecule has 0 heterocycles. The van der Waals surface area contributed by atoms with Crippen LogP contribution in [0.3, 0.4) is 0 Å². The van der Waals surface area contributed by atoms with Gasteiger partial charge in [0.1, 0.15) is 12.2 Å². The summed E-state index contributed by atoms with van der Waals surface area (Å²) in [4.78, 5) is 27.2. The number of methoxy groups -OCH3 is 1. The lowest BCUT2D eigenvalue weighted by Gasteiger charge is -2.40. The zero-order valence-corrected chi connectivity index (χ0v) is 23.3. The van der Waals surface area contributed by atoms with Crippen LogP contribution >= 0.6 is 22.6 Å². The smallest absolute Gasteiger partial charge is 0.247 e. The van der Waals surface area contributed by atoms with Crippen molar-refractivity contribution in [3.8, 4) is 11.5 Å². The van der Waals surface area contributed by atoms with Gasteiger partial charge in [-0.2, -0.15) is 0 Å². The summed E-state index contributed by atoms with van der Waals surface area (Å²) in [7, 11) is 1.47. The summed E-state index contributed by atoms with van der Waals surface area (Å²) < 4.78 is 12.3. The number of halogens is 1. The Balaban J connectivity index is 1.99. The Morgan fingerprint density at radius 2 is 1.86 bits per heavy atom. The highest BCUT2D eigenvalue weighted by Crippen LogP contribution is 2.37. The number of benzene rings is 2. The standard InChI is InChI=1S/C27H33IN2O7/c1-16-4-6-18(7-5-16)14-30(17(2)33)22-12-20(27(35)29-8-9-31)13-23(25(22)34)37-26-21(28)10-19(15-32)11-24(26)36-3/h4-7,10-11,13,22-23,25,31-32,34H,8-9,12,14-15H2,1-3H3,(H,29,35)/t22-,23+,25+/m1/s1. The molecule has 0 saturated heterocycles. The zero-order valence-electron chi connectivity index (χ0n) is 21.1. The van der Waals surface area contributed by atoms with Crippen molar-refractivity contribution >= 4 is 34.4 Å². The Labute approximate surface area is 230 Å². The lowest BCUT2D eigenvalue weighted by atomic mass is 9.88. The van der Waals surface area contributed by atoms with Crippen molar-refractivity contribution in [1.29, 1.82) is 0 Å². The summed E-state index contributed by atoms with van der Waals surface area (Å²) in [6.07, 6.45) is -0.466. The van der Waals surface area contributed by atoms with Crippen LogP contribution in [0.4, 0.5) is 0 Å². The monoisotopic (exact) mass is 624 g/mol. The first-order chi connectivity index (χ1) is 17.7. The highest BCUT2D eigenvalue weighted by Gasteiger charge is 2.40. The Morgan fingerprint density at radius 3 is 2.46 bits per heavy atom. The fourth-order valence-electron chi connectivity index (χ4n) is 4.25. The third kappa shape index (κ3) is 7.22. The minimum atomic E-state index is -1.15. The van der Waals surface area contributed by atoms with Crippen molar-refractivity contribution in [2.24, 2.45) is 0 Å². The SMILES string of the molecule is COc1cc(CO)cc(I)c1O[C@H]1C=C(C(=O)NCCO)C[C@@H](N(Cc2ccc(C)cc2)C(C)=O)[C@@H]1O. The van der Waals surface area contributed by atoms with Crippen LogP contribution in [0.2, 0.25) is 0 Å². The van der Waals surface area contributed by atoms with E-state index in [-0.39, 0.29) is 38.6 Å². The Bertz CT molecular complexity index is 1140. The fraction of sp³-hybridized carbons (Fsp3) is 0.407. The number of rotatable bonds is 10. The van der Waals surface area contributed by atoms with Crippen molar-refractivity contribution in [2.75, 3.05) is 20.3 Å². The fourth-order valence-corrected chi connectivity index (χ4v) is 5.04. The number of aliphatic hydroxyl groups excluding tert-OH is 3. The second-order valence-electron chi connectivity index (χ2n) is 8.92. The van der Waals surface area contributed by atoms with Crippen LogP contribution in [0, 0.1) is 10.5 Å². The first-order valence-electron chi connectivity index (χ1n) is 11.9. The molecule has 200 valence electrons. The van der Waals surface area contributed by atoms with Gasteiger partial charge < -0.3 is 35.0 Å². The zero-order chi connectivity index (χ0) is 27.1. The van der Waals surface area contributed by atoms with Gasteiger partial charge in [-0.3, -0.25) is 9.59 Å². The van der Waals surface area contributed by atoms with E-state index in [1.807, 2.05) is 31.2 Å². The topological polar surface area (TPSA) is 129 Å². The molecule has 1 aliphatic carbocycles. The molecule has 2 aromatic rings. The van der Waals surface area contributed by atoms with Crippen LogP contribution < -0.4 is 14.8 Å². The van der Waals surface area contributed by atoms with E-state index < -0.39 is 24.2 Å². The number of carbonyl (C=O) groups excluding carboxylic acids is 2. The summed E-state index contributed by atoms with van der Waals surface area (Å²) in [6.45, 7) is 3.34. The molecule has 0 unspecified atom stereocenters. The first kappa shape index (κ1) is 28.9. The van der Waals surface area contributed by atoms with E-state index in [2.05, 4.69) is 27.9 Å². The van der Waals surface area contributed by atoms with Crippen LogP contribution in [0.15, 0.2) is 48.0 Å². The van der Waals surface area contributed by atoms with Gasteiger partial charge in [-0.25, -0.2) is 0 Å². The van der Waals surface area contributed by atoms with Crippen LogP contribution in [0.5, 0.6) is 11.5 Å². The van der Waals surface area contributed by atoms with Crippen molar-refractivity contribution in [3.63, 3.8) is 0 Å². The van der Waals surface area contributed by atoms with Crippen molar-refractivity contribution in [2.45, 2.75) is 51.7 Å². The number of hydrogen-bond donors (Lipinski definition) is 4. The molecule has 37 heavy (non-hydrogen) atoms. The highest BCUT2D eigenvalue weighted by molar-refractivity contribution is 14.1. The van der Waals surface area contributed by atoms with Gasteiger partial charge in [0.15, 0.2) is 11.5 Å². The largest absolute Gasteiger partial charge is 0.493 e. The van der Waals surface area contributed by atoms with E-state index in [1.54, 1.807) is 23.1 Å². The predicted octanol–water partition coefficient (Wildman–Crippen LogP) is 2.06. The molecular formula is C27H33IN2O7. The maximum atomic E-state index is 12.9. The molecule has 9 nitrogen and oxygen atoms in total. The lowest BCUT2D eigenvalue weighted by Crippen LogP contribution is -2.54. The number of nitrogens with one attached hydrogen (secondary N) is 1. The first-order valence-corrected chi connectivity index (χ1v) is 13.0. The second kappa shape index (κ2) is 13.2. The maximum absolute atomic E-state index is 12.9. The van der Waals surface area contributed by atoms with Gasteiger partial charge in [0.2, 0.25) is 11.8 Å². The Morgan fingerprint density at radius 1 is 1.16 bits per heavy atom. The van der Waals surface area contributed by atoms with Gasteiger partial charge in [0, 0.05) is 32.0 Å². The summed E-state index contributed by atoms with van der Waals surface area (Å²) in [5.41, 5.74) is 2.95. The van der Waals surface area contributed by atoms with Gasteiger partial charge in [0.25, 0.3) is 0 Å². The van der Waals surface area contributed by atoms with Crippen molar-refractivity contribution in [3.05, 3.63) is 68.3 Å². The van der Waals surface area contributed by atoms with Gasteiger partial charge in [-0.15, -0.1) is 0 Å². The van der Waals surface area contributed by atoms with E-state index in [9.17, 15) is 19.8 Å². The number of ether oxygens (including phenoxy) is 2. The van der Waals surface area contributed by atoms with Gasteiger partial charge in [-0.1, -0.05) is 29.8 Å². The molecule has 4 N–H and O–H groups in total. The molecule has 0 aromatic heterocycles. The molecular weight excluding hydrogens is 591 g/mol. The molecule has 10 heteroatoms. The average Bonchev–Trinajstić information content (AvgIpc) is 2.88. The van der Waals surface area contributed by atoms with E-state index in [0.29, 0.717) is 26.2 Å². The number of carbonyl (C=O) groups is 2. The quantitative estimate of drug-likeness (QED) is 0.298. The summed E-state index contributed by atoms with van der Waals surface area (Å²) in [5.74, 6) is 0.0628. The molecule has 1 aliphatic rings. The Kier molecular flexibility index (Phi) is 10.3. The van der Waals surface area contributed by atoms with Crippen LogP contribution in [-0.4, -0.2) is 70.5 Å². The number of hydrogen-bond acceptors (Lipinski definition) is 7. The van der Waals surface area contributed by atoms with Gasteiger partial charge >= 0.3 is 0 Å². The van der Waals surface area contributed by atoms with Crippen LogP contribution in [0.1, 0.15) is 30.0 Å². The van der Waals surface area contributed by atoms with E-state index in [4.69, 9.17) is 14.6 Å². The molecule has 3 rings (SSSR count). The molecule has 0 fully saturated rings. The number of aliphatic hydroxyl groups is 3. The molecule has 2 aromatic carbocycles. The van der Waals surface area contributed by atoms with Gasteiger partial charge in [0.05, 0.1) is 29.9 Å². The van der Waals surface area contributed by atoms with E-state index in [1.165, 1.54) is 14.0 Å². The molecule has 2 amide bonds. The summed E-state index contributed by atoms with van der Waals surface area (Å²) in [6, 6.07) is 10.4. The predicted molar refractivity (Wildman–Crippen MR) is 146 cm³/mol. The normalized spacial score (nSPS) is 19.1. The van der Waals surface area contributed by atoms with Crippen LogP contribution in [0.25, 0.3) is 0 Å². The minimum absolute atomic E-state index is 0.0725. The second-order valence-corrected chi connectivity index (χ2v) is 10.1. The Hall–Kier alpha value is -2.67. The molecule has 0 bridgehead atoms. The minimum Gasteiger partial charge on any atom is -0.493 e. The molecule has 0 saturated carbocycles. The third-order valence-electron chi connectivity index (χ3n) is 6.22. The maximum Gasteiger partial charge on any atom is 0.247 e. The van der Waals surface area contributed by atoms with E-state index in [0.717, 1.165) is 11.1 Å². The molecule has 0 spiro atoms. The average molecular weight is 624 g/mol. The van der Waals surface area contributed by atoms with Crippen molar-refractivity contribution < 1.29 is 34.4 Å². The summed E-state index contributed by atoms with van der Waals surface area (Å²) >= 11 is 2.06. The summed E-state index contributed by atoms with van der Waals surface area (Å²) in [5, 5.41) is 32.8. The third-order valence-corrected chi connectivity index (χ3v) is 7.02. The highest BCUT2D eigenvalue weighted by atomic mass is 127. The van der Waals surface area contributed by atoms with Gasteiger partial charge in [-0.05, 0) is 58.9 Å². The van der Waals surface area contributed by atoms with E-state index >= 15 is 0 Å². The number of aryl methyl sites for hydroxylation is 1. The van der Waals surface area contributed by atoms with Crippen LogP contribution in [-0.2, 0) is 22.7 Å². The van der Waals surface area contributed by atoms with Crippen molar-refractivity contribution in [1.82, 2.24) is 10.2 Å².